The Morgan fingerprint density at radius 1 is 1.30 bits per heavy atom. The molecule has 2 aromatic heterocycles. The SMILES string of the molecule is CCN1CCC[C@H]1CNC(=O)C1CCN(c2nc(Cl)nc3nc[nH]c23)CC1. The number of H-pyrrole nitrogens is 1. The van der Waals surface area contributed by atoms with E-state index in [1.807, 2.05) is 0 Å². The van der Waals surface area contributed by atoms with Crippen LogP contribution in [0.15, 0.2) is 6.33 Å². The van der Waals surface area contributed by atoms with E-state index in [0.29, 0.717) is 11.7 Å². The molecule has 8 nitrogen and oxygen atoms in total. The standard InChI is InChI=1S/C18H26ClN7O/c1-2-25-7-3-4-13(25)10-20-17(27)12-5-8-26(9-6-12)16-14-15(22-11-21-14)23-18(19)24-16/h11-13H,2-10H2,1H3,(H,20,27)(H,21,22,23,24)/t13-/m0/s1. The van der Waals surface area contributed by atoms with Crippen LogP contribution in [0, 0.1) is 5.92 Å². The van der Waals surface area contributed by atoms with Crippen LogP contribution in [-0.4, -0.2) is 69.5 Å². The number of anilines is 1. The molecule has 0 unspecified atom stereocenters. The fraction of sp³-hybridized carbons (Fsp3) is 0.667. The van der Waals surface area contributed by atoms with Gasteiger partial charge in [-0.3, -0.25) is 9.69 Å². The molecule has 2 fully saturated rings. The molecule has 2 saturated heterocycles. The van der Waals surface area contributed by atoms with Gasteiger partial charge in [-0.05, 0) is 50.4 Å². The number of amides is 1. The van der Waals surface area contributed by atoms with Gasteiger partial charge in [0.1, 0.15) is 5.52 Å². The van der Waals surface area contributed by atoms with E-state index in [4.69, 9.17) is 11.6 Å². The highest BCUT2D eigenvalue weighted by atomic mass is 35.5. The number of imidazole rings is 1. The largest absolute Gasteiger partial charge is 0.355 e. The van der Waals surface area contributed by atoms with Gasteiger partial charge in [0, 0.05) is 31.6 Å². The molecule has 0 aromatic carbocycles. The second kappa shape index (κ2) is 7.98. The molecule has 1 atom stereocenters. The van der Waals surface area contributed by atoms with Crippen molar-refractivity contribution >= 4 is 34.5 Å². The van der Waals surface area contributed by atoms with E-state index in [2.05, 4.69) is 42.0 Å². The maximum absolute atomic E-state index is 12.6. The zero-order valence-electron chi connectivity index (χ0n) is 15.6. The molecule has 0 radical (unpaired) electrons. The minimum absolute atomic E-state index is 0.0623. The smallest absolute Gasteiger partial charge is 0.226 e. The Hall–Kier alpha value is -1.93. The average Bonchev–Trinajstić information content (AvgIpc) is 3.34. The van der Waals surface area contributed by atoms with Gasteiger partial charge in [-0.25, -0.2) is 4.98 Å². The Labute approximate surface area is 163 Å². The predicted molar refractivity (Wildman–Crippen MR) is 105 cm³/mol. The number of rotatable bonds is 5. The fourth-order valence-electron chi connectivity index (χ4n) is 4.28. The molecule has 146 valence electrons. The lowest BCUT2D eigenvalue weighted by Gasteiger charge is -2.32. The van der Waals surface area contributed by atoms with Crippen molar-refractivity contribution in [2.75, 3.05) is 37.6 Å². The van der Waals surface area contributed by atoms with Gasteiger partial charge in [-0.1, -0.05) is 6.92 Å². The Kier molecular flexibility index (Phi) is 5.45. The minimum atomic E-state index is 0.0623. The molecule has 0 aliphatic carbocycles. The van der Waals surface area contributed by atoms with Crippen LogP contribution >= 0.6 is 11.6 Å². The summed E-state index contributed by atoms with van der Waals surface area (Å²) in [6.45, 7) is 6.70. The van der Waals surface area contributed by atoms with Gasteiger partial charge in [0.15, 0.2) is 11.5 Å². The number of nitrogens with one attached hydrogen (secondary N) is 2. The van der Waals surface area contributed by atoms with Crippen LogP contribution < -0.4 is 10.2 Å². The molecule has 0 saturated carbocycles. The first-order valence-electron chi connectivity index (χ1n) is 9.79. The number of fused-ring (bicyclic) bond motifs is 1. The lowest BCUT2D eigenvalue weighted by Crippen LogP contribution is -2.45. The number of halogens is 1. The van der Waals surface area contributed by atoms with Gasteiger partial charge in [0.25, 0.3) is 0 Å². The Bertz CT molecular complexity index is 802. The molecule has 27 heavy (non-hydrogen) atoms. The molecule has 4 heterocycles. The number of aromatic amines is 1. The summed E-state index contributed by atoms with van der Waals surface area (Å²) in [5.74, 6) is 1.02. The van der Waals surface area contributed by atoms with Gasteiger partial charge >= 0.3 is 0 Å². The summed E-state index contributed by atoms with van der Waals surface area (Å²) in [6.07, 6.45) is 5.63. The Morgan fingerprint density at radius 3 is 2.89 bits per heavy atom. The number of carbonyl (C=O) groups is 1. The number of likely N-dealkylation sites (tertiary alicyclic amines) is 1. The van der Waals surface area contributed by atoms with Gasteiger partial charge in [-0.15, -0.1) is 0 Å². The van der Waals surface area contributed by atoms with E-state index in [1.54, 1.807) is 6.33 Å². The first-order chi connectivity index (χ1) is 13.2. The van der Waals surface area contributed by atoms with Gasteiger partial charge < -0.3 is 15.2 Å². The minimum Gasteiger partial charge on any atom is -0.355 e. The highest BCUT2D eigenvalue weighted by Gasteiger charge is 2.29. The van der Waals surface area contributed by atoms with E-state index >= 15 is 0 Å². The molecule has 1 amide bonds. The van der Waals surface area contributed by atoms with Crippen LogP contribution in [0.5, 0.6) is 0 Å². The lowest BCUT2D eigenvalue weighted by atomic mass is 9.95. The summed E-state index contributed by atoms with van der Waals surface area (Å²) in [5, 5.41) is 3.38. The molecular weight excluding hydrogens is 366 g/mol. The zero-order chi connectivity index (χ0) is 18.8. The fourth-order valence-corrected chi connectivity index (χ4v) is 4.44. The normalized spacial score (nSPS) is 21.9. The molecule has 2 aliphatic heterocycles. The van der Waals surface area contributed by atoms with E-state index in [9.17, 15) is 4.79 Å². The monoisotopic (exact) mass is 391 g/mol. The van der Waals surface area contributed by atoms with Crippen molar-refractivity contribution in [2.45, 2.75) is 38.6 Å². The number of likely N-dealkylation sites (N-methyl/N-ethyl adjacent to an activating group) is 1. The zero-order valence-corrected chi connectivity index (χ0v) is 16.4. The van der Waals surface area contributed by atoms with Crippen LogP contribution in [0.2, 0.25) is 5.28 Å². The number of hydrogen-bond acceptors (Lipinski definition) is 6. The van der Waals surface area contributed by atoms with Crippen LogP contribution in [0.1, 0.15) is 32.6 Å². The average molecular weight is 392 g/mol. The second-order valence-corrected chi connectivity index (χ2v) is 7.69. The van der Waals surface area contributed by atoms with E-state index in [1.165, 1.54) is 12.8 Å². The van der Waals surface area contributed by atoms with E-state index in [-0.39, 0.29) is 17.1 Å². The van der Waals surface area contributed by atoms with Crippen molar-refractivity contribution in [2.24, 2.45) is 5.92 Å². The molecule has 2 aliphatic rings. The highest BCUT2D eigenvalue weighted by Crippen LogP contribution is 2.27. The van der Waals surface area contributed by atoms with Crippen LogP contribution in [0.25, 0.3) is 11.2 Å². The van der Waals surface area contributed by atoms with Crippen LogP contribution in [-0.2, 0) is 4.79 Å². The maximum Gasteiger partial charge on any atom is 0.226 e. The third kappa shape index (κ3) is 3.87. The number of carbonyl (C=O) groups excluding carboxylic acids is 1. The summed E-state index contributed by atoms with van der Waals surface area (Å²) in [6, 6.07) is 0.496. The first-order valence-corrected chi connectivity index (χ1v) is 10.2. The molecule has 4 rings (SSSR count). The Morgan fingerprint density at radius 2 is 2.11 bits per heavy atom. The number of piperidine rings is 1. The van der Waals surface area contributed by atoms with Crippen LogP contribution in [0.4, 0.5) is 5.82 Å². The lowest BCUT2D eigenvalue weighted by molar-refractivity contribution is -0.125. The summed E-state index contributed by atoms with van der Waals surface area (Å²) in [5.41, 5.74) is 1.37. The second-order valence-electron chi connectivity index (χ2n) is 7.35. The molecule has 0 bridgehead atoms. The maximum atomic E-state index is 12.6. The molecular formula is C18H26ClN7O. The van der Waals surface area contributed by atoms with Crippen molar-refractivity contribution in [3.8, 4) is 0 Å². The van der Waals surface area contributed by atoms with E-state index in [0.717, 1.165) is 56.9 Å². The van der Waals surface area contributed by atoms with Gasteiger partial charge in [0.2, 0.25) is 11.2 Å². The van der Waals surface area contributed by atoms with Crippen molar-refractivity contribution in [1.29, 1.82) is 0 Å². The summed E-state index contributed by atoms with van der Waals surface area (Å²) in [7, 11) is 0. The molecule has 9 heteroatoms. The Balaban J connectivity index is 1.33. The van der Waals surface area contributed by atoms with Crippen molar-refractivity contribution in [3.63, 3.8) is 0 Å². The third-order valence-corrected chi connectivity index (χ3v) is 5.99. The molecule has 2 aromatic rings. The summed E-state index contributed by atoms with van der Waals surface area (Å²) in [4.78, 5) is 33.0. The van der Waals surface area contributed by atoms with Gasteiger partial charge in [0.05, 0.1) is 6.33 Å². The van der Waals surface area contributed by atoms with Gasteiger partial charge in [-0.2, -0.15) is 9.97 Å². The van der Waals surface area contributed by atoms with Crippen molar-refractivity contribution < 1.29 is 4.79 Å². The summed E-state index contributed by atoms with van der Waals surface area (Å²) < 4.78 is 0. The molecule has 0 spiro atoms. The quantitative estimate of drug-likeness (QED) is 0.755. The predicted octanol–water partition coefficient (Wildman–Crippen LogP) is 1.82. The van der Waals surface area contributed by atoms with Crippen LogP contribution in [0.3, 0.4) is 0 Å². The summed E-state index contributed by atoms with van der Waals surface area (Å²) >= 11 is 6.04. The molecule has 2 N–H and O–H groups in total. The van der Waals surface area contributed by atoms with Crippen molar-refractivity contribution in [1.82, 2.24) is 30.2 Å². The van der Waals surface area contributed by atoms with E-state index < -0.39 is 0 Å². The first kappa shape index (κ1) is 18.4. The number of aromatic nitrogens is 4. The number of hydrogen-bond donors (Lipinski definition) is 2. The van der Waals surface area contributed by atoms with Crippen molar-refractivity contribution in [3.05, 3.63) is 11.6 Å². The third-order valence-electron chi connectivity index (χ3n) is 5.82. The number of nitrogens with zero attached hydrogens (tertiary/aromatic N) is 5. The topological polar surface area (TPSA) is 90.0 Å². The highest BCUT2D eigenvalue weighted by molar-refractivity contribution is 6.28.